The van der Waals surface area contributed by atoms with Crippen molar-refractivity contribution in [1.82, 2.24) is 20.3 Å². The molecule has 23 heavy (non-hydrogen) atoms. The summed E-state index contributed by atoms with van der Waals surface area (Å²) in [5.41, 5.74) is 0.785. The summed E-state index contributed by atoms with van der Waals surface area (Å²) in [6, 6.07) is 0. The molecule has 1 aliphatic carbocycles. The van der Waals surface area contributed by atoms with Crippen LogP contribution in [0.15, 0.2) is 6.20 Å². The molecule has 1 aromatic heterocycles. The fourth-order valence-corrected chi connectivity index (χ4v) is 3.38. The first kappa shape index (κ1) is 17.8. The predicted octanol–water partition coefficient (Wildman–Crippen LogP) is 3.32. The third kappa shape index (κ3) is 5.22. The molecule has 0 aliphatic heterocycles. The molecule has 0 spiro atoms. The lowest BCUT2D eigenvalue weighted by Crippen LogP contribution is -2.34. The standard InChI is InChI=1S/C17H30N4O2/c1-16(2,3)23-15(22)18-12-8-11-17(9-6-5-7-10-17)14-13-21(4)20-19-14/h13H,5-12H2,1-4H3,(H,18,22). The minimum absolute atomic E-state index is 0.127. The maximum absolute atomic E-state index is 11.7. The first-order chi connectivity index (χ1) is 10.8. The van der Waals surface area contributed by atoms with Crippen LogP contribution in [0.1, 0.15) is 71.4 Å². The summed E-state index contributed by atoms with van der Waals surface area (Å²) in [4.78, 5) is 11.7. The number of rotatable bonds is 5. The largest absolute Gasteiger partial charge is 0.444 e. The summed E-state index contributed by atoms with van der Waals surface area (Å²) >= 11 is 0. The molecule has 0 unspecified atom stereocenters. The van der Waals surface area contributed by atoms with Crippen LogP contribution in [-0.2, 0) is 17.2 Å². The van der Waals surface area contributed by atoms with Gasteiger partial charge in [0, 0.05) is 25.2 Å². The van der Waals surface area contributed by atoms with Crippen molar-refractivity contribution in [2.75, 3.05) is 6.54 Å². The first-order valence-corrected chi connectivity index (χ1v) is 8.64. The van der Waals surface area contributed by atoms with E-state index in [9.17, 15) is 4.79 Å². The Morgan fingerprint density at radius 1 is 1.35 bits per heavy atom. The van der Waals surface area contributed by atoms with Crippen LogP contribution in [0.25, 0.3) is 0 Å². The normalized spacial score (nSPS) is 17.7. The molecule has 1 aromatic rings. The summed E-state index contributed by atoms with van der Waals surface area (Å²) in [5.74, 6) is 0. The summed E-state index contributed by atoms with van der Waals surface area (Å²) in [6.07, 6.45) is 9.79. The molecule has 1 N–H and O–H groups in total. The van der Waals surface area contributed by atoms with Crippen LogP contribution in [0, 0.1) is 0 Å². The van der Waals surface area contributed by atoms with Gasteiger partial charge in [0.25, 0.3) is 0 Å². The first-order valence-electron chi connectivity index (χ1n) is 8.64. The number of aromatic nitrogens is 3. The zero-order valence-corrected chi connectivity index (χ0v) is 14.9. The summed E-state index contributed by atoms with van der Waals surface area (Å²) in [7, 11) is 1.91. The van der Waals surface area contributed by atoms with E-state index in [2.05, 4.69) is 15.6 Å². The fraction of sp³-hybridized carbons (Fsp3) is 0.824. The summed E-state index contributed by atoms with van der Waals surface area (Å²) in [6.45, 7) is 6.25. The van der Waals surface area contributed by atoms with Gasteiger partial charge >= 0.3 is 6.09 Å². The van der Waals surface area contributed by atoms with E-state index in [-0.39, 0.29) is 11.5 Å². The molecular formula is C17H30N4O2. The second-order valence-electron chi connectivity index (χ2n) is 7.65. The molecule has 2 rings (SSSR count). The molecule has 1 heterocycles. The Labute approximate surface area is 139 Å². The monoisotopic (exact) mass is 322 g/mol. The van der Waals surface area contributed by atoms with Crippen LogP contribution >= 0.6 is 0 Å². The fourth-order valence-electron chi connectivity index (χ4n) is 3.38. The van der Waals surface area contributed by atoms with Gasteiger partial charge in [0.15, 0.2) is 0 Å². The van der Waals surface area contributed by atoms with Crippen molar-refractivity contribution in [3.05, 3.63) is 11.9 Å². The van der Waals surface area contributed by atoms with Gasteiger partial charge in [-0.3, -0.25) is 4.68 Å². The van der Waals surface area contributed by atoms with Gasteiger partial charge in [0.2, 0.25) is 0 Å². The van der Waals surface area contributed by atoms with Crippen molar-refractivity contribution in [3.63, 3.8) is 0 Å². The number of hydrogen-bond acceptors (Lipinski definition) is 4. The molecule has 1 fully saturated rings. The Kier molecular flexibility index (Phi) is 5.65. The molecule has 130 valence electrons. The second-order valence-corrected chi connectivity index (χ2v) is 7.65. The van der Waals surface area contributed by atoms with Crippen LogP contribution in [0.4, 0.5) is 4.79 Å². The van der Waals surface area contributed by atoms with Crippen molar-refractivity contribution >= 4 is 6.09 Å². The lowest BCUT2D eigenvalue weighted by atomic mass is 9.69. The number of alkyl carbamates (subject to hydrolysis) is 1. The van der Waals surface area contributed by atoms with Crippen LogP contribution in [-0.4, -0.2) is 33.2 Å². The minimum Gasteiger partial charge on any atom is -0.444 e. The van der Waals surface area contributed by atoms with Gasteiger partial charge in [-0.15, -0.1) is 5.10 Å². The number of carbonyl (C=O) groups excluding carboxylic acids is 1. The zero-order chi connectivity index (χ0) is 16.9. The van der Waals surface area contributed by atoms with Crippen molar-refractivity contribution in [2.24, 2.45) is 7.05 Å². The lowest BCUT2D eigenvalue weighted by Gasteiger charge is -2.35. The van der Waals surface area contributed by atoms with Crippen LogP contribution in [0.3, 0.4) is 0 Å². The average Bonchev–Trinajstić information content (AvgIpc) is 2.90. The Balaban J connectivity index is 1.86. The van der Waals surface area contributed by atoms with E-state index < -0.39 is 5.60 Å². The molecule has 1 amide bonds. The number of amides is 1. The Morgan fingerprint density at radius 3 is 2.61 bits per heavy atom. The van der Waals surface area contributed by atoms with Crippen molar-refractivity contribution in [1.29, 1.82) is 0 Å². The third-order valence-corrected chi connectivity index (χ3v) is 4.46. The van der Waals surface area contributed by atoms with Crippen molar-refractivity contribution in [3.8, 4) is 0 Å². The number of nitrogens with one attached hydrogen (secondary N) is 1. The highest BCUT2D eigenvalue weighted by atomic mass is 16.6. The lowest BCUT2D eigenvalue weighted by molar-refractivity contribution is 0.0525. The van der Waals surface area contributed by atoms with Gasteiger partial charge in [0.05, 0.1) is 5.69 Å². The van der Waals surface area contributed by atoms with E-state index in [0.29, 0.717) is 6.54 Å². The smallest absolute Gasteiger partial charge is 0.407 e. The highest BCUT2D eigenvalue weighted by Gasteiger charge is 2.35. The van der Waals surface area contributed by atoms with Crippen LogP contribution in [0.2, 0.25) is 0 Å². The summed E-state index contributed by atoms with van der Waals surface area (Å²) in [5, 5.41) is 11.3. The maximum atomic E-state index is 11.7. The second kappa shape index (κ2) is 7.32. The Morgan fingerprint density at radius 2 is 2.04 bits per heavy atom. The van der Waals surface area contributed by atoms with Gasteiger partial charge < -0.3 is 10.1 Å². The predicted molar refractivity (Wildman–Crippen MR) is 89.2 cm³/mol. The zero-order valence-electron chi connectivity index (χ0n) is 14.9. The van der Waals surface area contributed by atoms with E-state index in [4.69, 9.17) is 4.74 Å². The number of aryl methyl sites for hydroxylation is 1. The van der Waals surface area contributed by atoms with E-state index in [1.54, 1.807) is 4.68 Å². The summed E-state index contributed by atoms with van der Waals surface area (Å²) < 4.78 is 7.05. The Bertz CT molecular complexity index is 513. The molecular weight excluding hydrogens is 292 g/mol. The minimum atomic E-state index is -0.450. The molecule has 6 nitrogen and oxygen atoms in total. The number of nitrogens with zero attached hydrogens (tertiary/aromatic N) is 3. The molecule has 0 bridgehead atoms. The third-order valence-electron chi connectivity index (χ3n) is 4.46. The quantitative estimate of drug-likeness (QED) is 0.844. The van der Waals surface area contributed by atoms with Crippen molar-refractivity contribution in [2.45, 2.75) is 76.7 Å². The molecule has 1 saturated carbocycles. The SMILES string of the molecule is Cn1cc(C2(CCCNC(=O)OC(C)(C)C)CCCCC2)nn1. The van der Waals surface area contributed by atoms with E-state index in [1.165, 1.54) is 19.3 Å². The molecule has 6 heteroatoms. The van der Waals surface area contributed by atoms with Gasteiger partial charge in [-0.05, 0) is 46.5 Å². The Hall–Kier alpha value is -1.59. The number of carbonyl (C=O) groups is 1. The number of hydrogen-bond donors (Lipinski definition) is 1. The average molecular weight is 322 g/mol. The van der Waals surface area contributed by atoms with Gasteiger partial charge in [-0.25, -0.2) is 4.79 Å². The molecule has 0 radical (unpaired) electrons. The molecule has 0 aromatic carbocycles. The highest BCUT2D eigenvalue weighted by Crippen LogP contribution is 2.41. The van der Waals surface area contributed by atoms with Crippen LogP contribution in [0.5, 0.6) is 0 Å². The van der Waals surface area contributed by atoms with Crippen LogP contribution < -0.4 is 5.32 Å². The molecule has 0 saturated heterocycles. The van der Waals surface area contributed by atoms with Gasteiger partial charge in [-0.2, -0.15) is 0 Å². The topological polar surface area (TPSA) is 69.0 Å². The molecule has 0 atom stereocenters. The maximum Gasteiger partial charge on any atom is 0.407 e. The van der Waals surface area contributed by atoms with E-state index in [0.717, 1.165) is 31.4 Å². The van der Waals surface area contributed by atoms with E-state index in [1.807, 2.05) is 34.0 Å². The van der Waals surface area contributed by atoms with E-state index >= 15 is 0 Å². The van der Waals surface area contributed by atoms with Gasteiger partial charge in [-0.1, -0.05) is 24.5 Å². The van der Waals surface area contributed by atoms with Gasteiger partial charge in [0.1, 0.15) is 5.60 Å². The highest BCUT2D eigenvalue weighted by molar-refractivity contribution is 5.67. The number of ether oxygens (including phenoxy) is 1. The molecule has 1 aliphatic rings. The van der Waals surface area contributed by atoms with Crippen molar-refractivity contribution < 1.29 is 9.53 Å².